The van der Waals surface area contributed by atoms with E-state index in [1.54, 1.807) is 0 Å². The summed E-state index contributed by atoms with van der Waals surface area (Å²) in [6.07, 6.45) is 4.01. The summed E-state index contributed by atoms with van der Waals surface area (Å²) in [5.74, 6) is -0.317. The second-order valence-corrected chi connectivity index (χ2v) is 4.76. The first-order valence-electron chi connectivity index (χ1n) is 5.63. The maximum absolute atomic E-state index is 11.7. The van der Waals surface area contributed by atoms with Crippen molar-refractivity contribution in [3.63, 3.8) is 0 Å². The Morgan fingerprint density at radius 3 is 2.41 bits per heavy atom. The van der Waals surface area contributed by atoms with Crippen molar-refractivity contribution in [2.75, 3.05) is 18.8 Å². The molecule has 3 nitrogen and oxygen atoms in total. The van der Waals surface area contributed by atoms with Gasteiger partial charge in [-0.15, -0.1) is 0 Å². The van der Waals surface area contributed by atoms with Gasteiger partial charge in [0.1, 0.15) is 0 Å². The molecule has 102 valence electrons. The fraction of sp³-hybridized carbons (Fsp3) is 0.900. The highest BCUT2D eigenvalue weighted by Crippen LogP contribution is 2.29. The number of halogens is 3. The monoisotopic (exact) mass is 272 g/mol. The molecule has 0 aromatic heterocycles. The molecule has 0 heterocycles. The van der Waals surface area contributed by atoms with Crippen LogP contribution in [0.1, 0.15) is 32.1 Å². The fourth-order valence-electron chi connectivity index (χ4n) is 1.23. The van der Waals surface area contributed by atoms with E-state index in [4.69, 9.17) is 5.73 Å². The highest BCUT2D eigenvalue weighted by Gasteiger charge is 2.27. The third-order valence-electron chi connectivity index (χ3n) is 2.05. The van der Waals surface area contributed by atoms with Crippen LogP contribution in [-0.2, 0) is 4.79 Å². The summed E-state index contributed by atoms with van der Waals surface area (Å²) in [7, 11) is 0. The minimum atomic E-state index is -4.22. The van der Waals surface area contributed by atoms with Crippen LogP contribution in [-0.4, -0.2) is 30.3 Å². The molecule has 0 aromatic carbocycles. The van der Waals surface area contributed by atoms with Gasteiger partial charge in [-0.1, -0.05) is 12.8 Å². The molecule has 0 unspecified atom stereocenters. The van der Waals surface area contributed by atoms with E-state index in [0.29, 0.717) is 13.0 Å². The number of amides is 1. The summed E-state index contributed by atoms with van der Waals surface area (Å²) in [4.78, 5) is 11.2. The van der Waals surface area contributed by atoms with Gasteiger partial charge in [-0.2, -0.15) is 13.2 Å². The molecular formula is C10H19F3N2OS. The van der Waals surface area contributed by atoms with Crippen molar-refractivity contribution in [2.24, 2.45) is 5.73 Å². The number of carbonyl (C=O) groups excluding carboxylic acids is 1. The zero-order valence-electron chi connectivity index (χ0n) is 9.68. The number of nitrogens with two attached hydrogens (primary N) is 1. The molecule has 0 fully saturated rings. The van der Waals surface area contributed by atoms with Crippen molar-refractivity contribution in [1.82, 2.24) is 5.32 Å². The van der Waals surface area contributed by atoms with Crippen LogP contribution in [0.15, 0.2) is 0 Å². The molecule has 17 heavy (non-hydrogen) atoms. The molecule has 0 spiro atoms. The quantitative estimate of drug-likeness (QED) is 0.633. The summed E-state index contributed by atoms with van der Waals surface area (Å²) in [6, 6.07) is 0. The molecule has 0 bridgehead atoms. The molecule has 0 atom stereocenters. The van der Waals surface area contributed by atoms with E-state index in [1.807, 2.05) is 0 Å². The predicted octanol–water partition coefficient (Wildman–Crippen LogP) is 2.26. The van der Waals surface area contributed by atoms with Crippen molar-refractivity contribution in [2.45, 2.75) is 37.6 Å². The number of hydrogen-bond donors (Lipinski definition) is 2. The topological polar surface area (TPSA) is 55.1 Å². The fourth-order valence-corrected chi connectivity index (χ4v) is 1.66. The van der Waals surface area contributed by atoms with Gasteiger partial charge in [0.05, 0.1) is 0 Å². The van der Waals surface area contributed by atoms with E-state index in [0.717, 1.165) is 25.7 Å². The Balaban J connectivity index is 3.29. The average Bonchev–Trinajstić information content (AvgIpc) is 2.23. The number of hydrogen-bond acceptors (Lipinski definition) is 3. The summed E-state index contributed by atoms with van der Waals surface area (Å²) in [6.45, 7) is 0.715. The molecule has 0 saturated heterocycles. The second kappa shape index (κ2) is 9.58. The van der Waals surface area contributed by atoms with Gasteiger partial charge in [-0.25, -0.2) is 0 Å². The van der Waals surface area contributed by atoms with Gasteiger partial charge < -0.3 is 11.1 Å². The van der Waals surface area contributed by atoms with Gasteiger partial charge in [0.25, 0.3) is 0 Å². The predicted molar refractivity (Wildman–Crippen MR) is 63.7 cm³/mol. The maximum Gasteiger partial charge on any atom is 0.441 e. The van der Waals surface area contributed by atoms with E-state index in [9.17, 15) is 18.0 Å². The lowest BCUT2D eigenvalue weighted by molar-refractivity contribution is -0.121. The van der Waals surface area contributed by atoms with Crippen molar-refractivity contribution < 1.29 is 18.0 Å². The number of unbranched alkanes of at least 4 members (excludes halogenated alkanes) is 3. The van der Waals surface area contributed by atoms with E-state index in [-0.39, 0.29) is 30.0 Å². The zero-order valence-corrected chi connectivity index (χ0v) is 10.5. The molecule has 7 heteroatoms. The normalized spacial score (nSPS) is 11.5. The lowest BCUT2D eigenvalue weighted by atomic mass is 10.1. The van der Waals surface area contributed by atoms with Crippen molar-refractivity contribution in [3.05, 3.63) is 0 Å². The van der Waals surface area contributed by atoms with Crippen LogP contribution in [0.25, 0.3) is 0 Å². The standard InChI is InChI=1S/C10H19F3N2OS/c11-10(12,13)17-8-7-15-9(16)5-3-1-2-4-6-14/h1-8,14H2,(H,15,16). The molecule has 0 aliphatic rings. The first kappa shape index (κ1) is 16.6. The molecule has 0 aliphatic heterocycles. The van der Waals surface area contributed by atoms with E-state index < -0.39 is 5.51 Å². The van der Waals surface area contributed by atoms with Gasteiger partial charge in [0.2, 0.25) is 5.91 Å². The SMILES string of the molecule is NCCCCCCC(=O)NCCSC(F)(F)F. The highest BCUT2D eigenvalue weighted by atomic mass is 32.2. The van der Waals surface area contributed by atoms with Crippen LogP contribution in [0.4, 0.5) is 13.2 Å². The first-order chi connectivity index (χ1) is 7.95. The van der Waals surface area contributed by atoms with Crippen LogP contribution in [0.3, 0.4) is 0 Å². The second-order valence-electron chi connectivity index (χ2n) is 3.60. The summed E-state index contributed by atoms with van der Waals surface area (Å²) in [5, 5.41) is 2.46. The summed E-state index contributed by atoms with van der Waals surface area (Å²) >= 11 is -0.118. The van der Waals surface area contributed by atoms with E-state index in [2.05, 4.69) is 5.32 Å². The number of alkyl halides is 3. The molecule has 1 amide bonds. The molecule has 0 saturated carbocycles. The summed E-state index contributed by atoms with van der Waals surface area (Å²) < 4.78 is 35.2. The first-order valence-corrected chi connectivity index (χ1v) is 6.61. The van der Waals surface area contributed by atoms with E-state index in [1.165, 1.54) is 0 Å². The molecule has 0 aromatic rings. The molecule has 0 rings (SSSR count). The third kappa shape index (κ3) is 13.5. The smallest absolute Gasteiger partial charge is 0.355 e. The Bertz CT molecular complexity index is 212. The molecule has 3 N–H and O–H groups in total. The van der Waals surface area contributed by atoms with Crippen LogP contribution < -0.4 is 11.1 Å². The zero-order chi connectivity index (χ0) is 13.1. The lowest BCUT2D eigenvalue weighted by Gasteiger charge is -2.07. The van der Waals surface area contributed by atoms with Crippen molar-refractivity contribution >= 4 is 17.7 Å². The lowest BCUT2D eigenvalue weighted by Crippen LogP contribution is -2.26. The Morgan fingerprint density at radius 2 is 1.82 bits per heavy atom. The summed E-state index contributed by atoms with van der Waals surface area (Å²) in [5.41, 5.74) is 1.10. The molecular weight excluding hydrogens is 253 g/mol. The van der Waals surface area contributed by atoms with Gasteiger partial charge in [-0.3, -0.25) is 4.79 Å². The number of nitrogens with one attached hydrogen (secondary N) is 1. The van der Waals surface area contributed by atoms with Crippen LogP contribution in [0.5, 0.6) is 0 Å². The largest absolute Gasteiger partial charge is 0.441 e. The minimum absolute atomic E-state index is 0.0613. The Labute approximate surface area is 104 Å². The highest BCUT2D eigenvalue weighted by molar-refractivity contribution is 8.00. The van der Waals surface area contributed by atoms with Gasteiger partial charge in [0.15, 0.2) is 0 Å². The van der Waals surface area contributed by atoms with Gasteiger partial charge in [-0.05, 0) is 31.1 Å². The number of carbonyl (C=O) groups is 1. The van der Waals surface area contributed by atoms with Crippen molar-refractivity contribution in [3.8, 4) is 0 Å². The van der Waals surface area contributed by atoms with Gasteiger partial charge >= 0.3 is 5.51 Å². The van der Waals surface area contributed by atoms with Crippen LogP contribution >= 0.6 is 11.8 Å². The Hall–Kier alpha value is -0.430. The van der Waals surface area contributed by atoms with E-state index >= 15 is 0 Å². The Morgan fingerprint density at radius 1 is 1.18 bits per heavy atom. The minimum Gasteiger partial charge on any atom is -0.355 e. The number of rotatable bonds is 9. The molecule has 0 radical (unpaired) electrons. The Kier molecular flexibility index (Phi) is 9.34. The maximum atomic E-state index is 11.7. The third-order valence-corrected chi connectivity index (χ3v) is 2.78. The number of thioether (sulfide) groups is 1. The van der Waals surface area contributed by atoms with Crippen LogP contribution in [0.2, 0.25) is 0 Å². The molecule has 0 aliphatic carbocycles. The van der Waals surface area contributed by atoms with Gasteiger partial charge in [0, 0.05) is 18.7 Å². The average molecular weight is 272 g/mol. The van der Waals surface area contributed by atoms with Crippen LogP contribution in [0, 0.1) is 0 Å². The van der Waals surface area contributed by atoms with Crippen molar-refractivity contribution in [1.29, 1.82) is 0 Å².